The number of hydrogen-bond acceptors (Lipinski definition) is 2. The fourth-order valence-corrected chi connectivity index (χ4v) is 1.33. The molecule has 0 saturated carbocycles. The lowest BCUT2D eigenvalue weighted by molar-refractivity contribution is 0.0643. The fraction of sp³-hybridized carbons (Fsp3) is 0.500. The Labute approximate surface area is 86.3 Å². The van der Waals surface area contributed by atoms with Crippen LogP contribution in [0.15, 0.2) is 30.3 Å². The first-order valence-electron chi connectivity index (χ1n) is 5.15. The van der Waals surface area contributed by atoms with E-state index in [0.717, 1.165) is 19.6 Å². The Bertz CT molecular complexity index is 235. The summed E-state index contributed by atoms with van der Waals surface area (Å²) in [5.41, 5.74) is 1.25. The van der Waals surface area contributed by atoms with Gasteiger partial charge in [0.2, 0.25) is 0 Å². The molecule has 2 nitrogen and oxygen atoms in total. The van der Waals surface area contributed by atoms with Crippen LogP contribution in [0.5, 0.6) is 0 Å². The number of ether oxygens (including phenoxy) is 1. The Kier molecular flexibility index (Phi) is 5.27. The second-order valence-electron chi connectivity index (χ2n) is 3.38. The number of nitrogens with one attached hydrogen (secondary N) is 1. The van der Waals surface area contributed by atoms with E-state index in [9.17, 15) is 0 Å². The van der Waals surface area contributed by atoms with Gasteiger partial charge in [-0.1, -0.05) is 30.3 Å². The lowest BCUT2D eigenvalue weighted by atomic mass is 10.1. The summed E-state index contributed by atoms with van der Waals surface area (Å²) in [6.07, 6.45) is 1.27. The van der Waals surface area contributed by atoms with Crippen LogP contribution in [-0.4, -0.2) is 20.2 Å². The van der Waals surface area contributed by atoms with Gasteiger partial charge in [0.1, 0.15) is 0 Å². The standard InChI is InChI=1S/C12H19NO/c1-11(14-10-6-9-13-2)12-7-4-3-5-8-12/h3-5,7-8,11,13H,6,9-10H2,1-2H3. The van der Waals surface area contributed by atoms with E-state index in [4.69, 9.17) is 4.74 Å². The molecule has 1 aromatic carbocycles. The molecule has 0 heterocycles. The van der Waals surface area contributed by atoms with Crippen LogP contribution in [0.2, 0.25) is 0 Å². The van der Waals surface area contributed by atoms with Crippen LogP contribution in [0.1, 0.15) is 25.0 Å². The third-order valence-electron chi connectivity index (χ3n) is 2.21. The summed E-state index contributed by atoms with van der Waals surface area (Å²) in [6, 6.07) is 10.3. The number of hydrogen-bond donors (Lipinski definition) is 1. The molecule has 14 heavy (non-hydrogen) atoms. The van der Waals surface area contributed by atoms with Gasteiger partial charge in [0, 0.05) is 6.61 Å². The molecule has 0 aliphatic heterocycles. The van der Waals surface area contributed by atoms with Crippen molar-refractivity contribution in [1.29, 1.82) is 0 Å². The first-order chi connectivity index (χ1) is 6.84. The zero-order valence-corrected chi connectivity index (χ0v) is 8.99. The molecule has 2 heteroatoms. The molecule has 0 bridgehead atoms. The van der Waals surface area contributed by atoms with E-state index in [0.29, 0.717) is 0 Å². The first-order valence-corrected chi connectivity index (χ1v) is 5.15. The molecule has 1 atom stereocenters. The minimum atomic E-state index is 0.202. The predicted molar refractivity (Wildman–Crippen MR) is 59.4 cm³/mol. The lowest BCUT2D eigenvalue weighted by Gasteiger charge is -2.12. The van der Waals surface area contributed by atoms with Crippen molar-refractivity contribution < 1.29 is 4.74 Å². The van der Waals surface area contributed by atoms with Gasteiger partial charge in [-0.25, -0.2) is 0 Å². The van der Waals surface area contributed by atoms with Gasteiger partial charge in [0.15, 0.2) is 0 Å². The van der Waals surface area contributed by atoms with Gasteiger partial charge in [-0.2, -0.15) is 0 Å². The molecule has 1 N–H and O–H groups in total. The van der Waals surface area contributed by atoms with Crippen molar-refractivity contribution in [3.05, 3.63) is 35.9 Å². The Balaban J connectivity index is 2.25. The van der Waals surface area contributed by atoms with Crippen molar-refractivity contribution in [2.24, 2.45) is 0 Å². The van der Waals surface area contributed by atoms with Crippen LogP contribution in [0.25, 0.3) is 0 Å². The molecule has 0 amide bonds. The minimum absolute atomic E-state index is 0.202. The third kappa shape index (κ3) is 3.90. The summed E-state index contributed by atoms with van der Waals surface area (Å²) in [4.78, 5) is 0. The van der Waals surface area contributed by atoms with E-state index in [1.807, 2.05) is 25.2 Å². The molecule has 0 aliphatic rings. The highest BCUT2D eigenvalue weighted by molar-refractivity contribution is 5.16. The Morgan fingerprint density at radius 1 is 1.29 bits per heavy atom. The summed E-state index contributed by atoms with van der Waals surface area (Å²) in [6.45, 7) is 3.92. The second-order valence-corrected chi connectivity index (χ2v) is 3.38. The summed E-state index contributed by atoms with van der Waals surface area (Å²) < 4.78 is 5.69. The van der Waals surface area contributed by atoms with Crippen LogP contribution < -0.4 is 5.32 Å². The van der Waals surface area contributed by atoms with Crippen LogP contribution in [0.4, 0.5) is 0 Å². The highest BCUT2D eigenvalue weighted by Crippen LogP contribution is 2.15. The molecule has 0 saturated heterocycles. The SMILES string of the molecule is CNCCCOC(C)c1ccccc1. The van der Waals surface area contributed by atoms with Crippen molar-refractivity contribution in [1.82, 2.24) is 5.32 Å². The molecule has 0 radical (unpaired) electrons. The molecular formula is C12H19NO. The lowest BCUT2D eigenvalue weighted by Crippen LogP contribution is -2.11. The van der Waals surface area contributed by atoms with Crippen LogP contribution >= 0.6 is 0 Å². The highest BCUT2D eigenvalue weighted by Gasteiger charge is 2.03. The van der Waals surface area contributed by atoms with Gasteiger partial charge in [0.25, 0.3) is 0 Å². The zero-order valence-electron chi connectivity index (χ0n) is 8.99. The van der Waals surface area contributed by atoms with Gasteiger partial charge in [0.05, 0.1) is 6.10 Å². The molecule has 0 aromatic heterocycles. The second kappa shape index (κ2) is 6.57. The first kappa shape index (κ1) is 11.2. The molecular weight excluding hydrogens is 174 g/mol. The van der Waals surface area contributed by atoms with Gasteiger partial charge >= 0.3 is 0 Å². The van der Waals surface area contributed by atoms with E-state index in [-0.39, 0.29) is 6.10 Å². The van der Waals surface area contributed by atoms with E-state index < -0.39 is 0 Å². The Hall–Kier alpha value is -0.860. The van der Waals surface area contributed by atoms with Gasteiger partial charge in [-0.15, -0.1) is 0 Å². The van der Waals surface area contributed by atoms with E-state index >= 15 is 0 Å². The van der Waals surface area contributed by atoms with Crippen molar-refractivity contribution in [3.8, 4) is 0 Å². The topological polar surface area (TPSA) is 21.3 Å². The van der Waals surface area contributed by atoms with Gasteiger partial charge in [-0.3, -0.25) is 0 Å². The average molecular weight is 193 g/mol. The summed E-state index contributed by atoms with van der Waals surface area (Å²) in [5, 5.41) is 3.10. The summed E-state index contributed by atoms with van der Waals surface area (Å²) in [7, 11) is 1.96. The molecule has 1 aromatic rings. The van der Waals surface area contributed by atoms with Crippen molar-refractivity contribution >= 4 is 0 Å². The molecule has 0 aliphatic carbocycles. The summed E-state index contributed by atoms with van der Waals surface area (Å²) >= 11 is 0. The minimum Gasteiger partial charge on any atom is -0.374 e. The number of benzene rings is 1. The predicted octanol–water partition coefficient (Wildman–Crippen LogP) is 2.37. The normalized spacial score (nSPS) is 12.7. The molecule has 0 spiro atoms. The number of rotatable bonds is 6. The van der Waals surface area contributed by atoms with Crippen LogP contribution in [-0.2, 0) is 4.74 Å². The Morgan fingerprint density at radius 3 is 2.64 bits per heavy atom. The van der Waals surface area contributed by atoms with E-state index in [1.165, 1.54) is 5.56 Å². The van der Waals surface area contributed by atoms with Crippen LogP contribution in [0.3, 0.4) is 0 Å². The van der Waals surface area contributed by atoms with Gasteiger partial charge < -0.3 is 10.1 Å². The van der Waals surface area contributed by atoms with E-state index in [2.05, 4.69) is 24.4 Å². The van der Waals surface area contributed by atoms with Gasteiger partial charge in [-0.05, 0) is 32.5 Å². The molecule has 1 unspecified atom stereocenters. The van der Waals surface area contributed by atoms with Crippen LogP contribution in [0, 0.1) is 0 Å². The maximum Gasteiger partial charge on any atom is 0.0796 e. The quantitative estimate of drug-likeness (QED) is 0.700. The molecule has 0 fully saturated rings. The average Bonchev–Trinajstić information content (AvgIpc) is 2.25. The van der Waals surface area contributed by atoms with E-state index in [1.54, 1.807) is 0 Å². The largest absolute Gasteiger partial charge is 0.374 e. The monoisotopic (exact) mass is 193 g/mol. The molecule has 1 rings (SSSR count). The third-order valence-corrected chi connectivity index (χ3v) is 2.21. The highest BCUT2D eigenvalue weighted by atomic mass is 16.5. The smallest absolute Gasteiger partial charge is 0.0796 e. The summed E-state index contributed by atoms with van der Waals surface area (Å²) in [5.74, 6) is 0. The Morgan fingerprint density at radius 2 is 2.00 bits per heavy atom. The maximum atomic E-state index is 5.69. The fourth-order valence-electron chi connectivity index (χ4n) is 1.33. The van der Waals surface area contributed by atoms with Crippen molar-refractivity contribution in [2.75, 3.05) is 20.2 Å². The zero-order chi connectivity index (χ0) is 10.2. The maximum absolute atomic E-state index is 5.69. The van der Waals surface area contributed by atoms with Crippen molar-refractivity contribution in [2.45, 2.75) is 19.4 Å². The molecule has 78 valence electrons. The van der Waals surface area contributed by atoms with Crippen molar-refractivity contribution in [3.63, 3.8) is 0 Å².